The van der Waals surface area contributed by atoms with Crippen molar-refractivity contribution in [3.63, 3.8) is 0 Å². The van der Waals surface area contributed by atoms with E-state index in [9.17, 15) is 9.90 Å². The molecule has 0 aliphatic carbocycles. The largest absolute Gasteiger partial charge is 0.394 e. The highest BCUT2D eigenvalue weighted by Gasteiger charge is 2.28. The summed E-state index contributed by atoms with van der Waals surface area (Å²) in [4.78, 5) is 14.0. The Bertz CT molecular complexity index is 389. The number of hydrogen-bond acceptors (Lipinski definition) is 3. The van der Waals surface area contributed by atoms with E-state index in [1.54, 1.807) is 17.0 Å². The van der Waals surface area contributed by atoms with Gasteiger partial charge in [0.05, 0.1) is 12.6 Å². The summed E-state index contributed by atoms with van der Waals surface area (Å²) in [5.74, 6) is 0.00474. The van der Waals surface area contributed by atoms with Crippen molar-refractivity contribution >= 4 is 5.91 Å². The summed E-state index contributed by atoms with van der Waals surface area (Å²) in [6, 6.07) is 7.33. The lowest BCUT2D eigenvalue weighted by molar-refractivity contribution is 0.0677. The van der Waals surface area contributed by atoms with Crippen molar-refractivity contribution in [2.75, 3.05) is 13.2 Å². The topological polar surface area (TPSA) is 66.6 Å². The summed E-state index contributed by atoms with van der Waals surface area (Å²) in [6.07, 6.45) is 1.86. The summed E-state index contributed by atoms with van der Waals surface area (Å²) in [5.41, 5.74) is 7.20. The summed E-state index contributed by atoms with van der Waals surface area (Å²) in [7, 11) is 0. The predicted octanol–water partition coefficient (Wildman–Crippen LogP) is 0.742. The van der Waals surface area contributed by atoms with Crippen LogP contribution in [0.5, 0.6) is 0 Å². The van der Waals surface area contributed by atoms with Crippen LogP contribution in [0.2, 0.25) is 0 Å². The van der Waals surface area contributed by atoms with Crippen LogP contribution in [0.4, 0.5) is 0 Å². The molecule has 0 bridgehead atoms. The SMILES string of the molecule is NCc1ccc(C(=O)N2CCC[C@H]2CO)cc1. The zero-order valence-electron chi connectivity index (χ0n) is 9.80. The highest BCUT2D eigenvalue weighted by atomic mass is 16.3. The molecule has 0 radical (unpaired) electrons. The molecule has 1 aromatic carbocycles. The third-order valence-electron chi connectivity index (χ3n) is 3.29. The quantitative estimate of drug-likeness (QED) is 0.810. The maximum Gasteiger partial charge on any atom is 0.254 e. The number of likely N-dealkylation sites (tertiary alicyclic amines) is 1. The third-order valence-corrected chi connectivity index (χ3v) is 3.29. The van der Waals surface area contributed by atoms with Gasteiger partial charge in [0, 0.05) is 18.7 Å². The summed E-state index contributed by atoms with van der Waals surface area (Å²) in [5, 5.41) is 9.20. The van der Waals surface area contributed by atoms with Crippen LogP contribution >= 0.6 is 0 Å². The normalized spacial score (nSPS) is 19.6. The Kier molecular flexibility index (Phi) is 3.76. The van der Waals surface area contributed by atoms with E-state index in [1.165, 1.54) is 0 Å². The number of carbonyl (C=O) groups excluding carboxylic acids is 1. The Morgan fingerprint density at radius 1 is 1.41 bits per heavy atom. The number of carbonyl (C=O) groups is 1. The fraction of sp³-hybridized carbons (Fsp3) is 0.462. The van der Waals surface area contributed by atoms with Gasteiger partial charge in [0.15, 0.2) is 0 Å². The number of benzene rings is 1. The second-order valence-electron chi connectivity index (χ2n) is 4.38. The molecular weight excluding hydrogens is 216 g/mol. The Hall–Kier alpha value is -1.39. The Labute approximate surface area is 101 Å². The minimum absolute atomic E-state index is 0.00474. The standard InChI is InChI=1S/C13H18N2O2/c14-8-10-3-5-11(6-4-10)13(17)15-7-1-2-12(15)9-16/h3-6,12,16H,1-2,7-9,14H2/t12-/m0/s1. The van der Waals surface area contributed by atoms with Crippen molar-refractivity contribution in [3.05, 3.63) is 35.4 Å². The summed E-state index contributed by atoms with van der Waals surface area (Å²) in [6.45, 7) is 1.27. The highest BCUT2D eigenvalue weighted by Crippen LogP contribution is 2.19. The number of aliphatic hydroxyl groups is 1. The number of amides is 1. The first-order chi connectivity index (χ1) is 8.26. The molecule has 2 rings (SSSR count). The minimum atomic E-state index is -0.0170. The lowest BCUT2D eigenvalue weighted by Gasteiger charge is -2.23. The molecule has 4 nitrogen and oxygen atoms in total. The number of nitrogens with zero attached hydrogens (tertiary/aromatic N) is 1. The second kappa shape index (κ2) is 5.29. The van der Waals surface area contributed by atoms with Crippen LogP contribution in [0, 0.1) is 0 Å². The molecule has 17 heavy (non-hydrogen) atoms. The van der Waals surface area contributed by atoms with E-state index < -0.39 is 0 Å². The van der Waals surface area contributed by atoms with E-state index in [2.05, 4.69) is 0 Å². The number of nitrogens with two attached hydrogens (primary N) is 1. The van der Waals surface area contributed by atoms with Crippen molar-refractivity contribution in [1.82, 2.24) is 4.90 Å². The average Bonchev–Trinajstić information content (AvgIpc) is 2.86. The van der Waals surface area contributed by atoms with Crippen molar-refractivity contribution < 1.29 is 9.90 Å². The van der Waals surface area contributed by atoms with E-state index in [1.807, 2.05) is 12.1 Å². The third kappa shape index (κ3) is 2.48. The van der Waals surface area contributed by atoms with Crippen LogP contribution in [0.3, 0.4) is 0 Å². The van der Waals surface area contributed by atoms with Crippen LogP contribution in [-0.2, 0) is 6.54 Å². The molecule has 1 saturated heterocycles. The fourth-order valence-corrected chi connectivity index (χ4v) is 2.24. The molecule has 1 amide bonds. The maximum absolute atomic E-state index is 12.2. The molecule has 0 aromatic heterocycles. The smallest absolute Gasteiger partial charge is 0.254 e. The number of rotatable bonds is 3. The zero-order valence-corrected chi connectivity index (χ0v) is 9.80. The lowest BCUT2D eigenvalue weighted by Crippen LogP contribution is -2.37. The Morgan fingerprint density at radius 3 is 2.71 bits per heavy atom. The molecule has 1 atom stereocenters. The van der Waals surface area contributed by atoms with Crippen LogP contribution in [0.25, 0.3) is 0 Å². The van der Waals surface area contributed by atoms with Gasteiger partial charge in [0.25, 0.3) is 5.91 Å². The predicted molar refractivity (Wildman–Crippen MR) is 65.5 cm³/mol. The molecule has 4 heteroatoms. The first-order valence-electron chi connectivity index (χ1n) is 5.97. The van der Waals surface area contributed by atoms with Gasteiger partial charge in [0.1, 0.15) is 0 Å². The molecule has 3 N–H and O–H groups in total. The van der Waals surface area contributed by atoms with Gasteiger partial charge in [-0.25, -0.2) is 0 Å². The van der Waals surface area contributed by atoms with Crippen molar-refractivity contribution in [3.8, 4) is 0 Å². The minimum Gasteiger partial charge on any atom is -0.394 e. The zero-order chi connectivity index (χ0) is 12.3. The van der Waals surface area contributed by atoms with Gasteiger partial charge in [-0.05, 0) is 30.5 Å². The van der Waals surface area contributed by atoms with Crippen LogP contribution in [0.1, 0.15) is 28.8 Å². The average molecular weight is 234 g/mol. The van der Waals surface area contributed by atoms with Crippen molar-refractivity contribution in [1.29, 1.82) is 0 Å². The van der Waals surface area contributed by atoms with Gasteiger partial charge in [-0.15, -0.1) is 0 Å². The van der Waals surface area contributed by atoms with Gasteiger partial charge in [0.2, 0.25) is 0 Å². The number of aliphatic hydroxyl groups excluding tert-OH is 1. The summed E-state index contributed by atoms with van der Waals surface area (Å²) >= 11 is 0. The fourth-order valence-electron chi connectivity index (χ4n) is 2.24. The van der Waals surface area contributed by atoms with E-state index in [4.69, 9.17) is 5.73 Å². The van der Waals surface area contributed by atoms with Crippen LogP contribution in [0.15, 0.2) is 24.3 Å². The van der Waals surface area contributed by atoms with Gasteiger partial charge in [-0.1, -0.05) is 12.1 Å². The van der Waals surface area contributed by atoms with Crippen molar-refractivity contribution in [2.24, 2.45) is 5.73 Å². The molecule has 92 valence electrons. The first kappa shape index (κ1) is 12.1. The first-order valence-corrected chi connectivity index (χ1v) is 5.97. The molecule has 1 aliphatic rings. The second-order valence-corrected chi connectivity index (χ2v) is 4.38. The van der Waals surface area contributed by atoms with Gasteiger partial charge >= 0.3 is 0 Å². The highest BCUT2D eigenvalue weighted by molar-refractivity contribution is 5.94. The van der Waals surface area contributed by atoms with Gasteiger partial charge in [-0.3, -0.25) is 4.79 Å². The molecule has 1 fully saturated rings. The molecule has 0 spiro atoms. The molecule has 1 aliphatic heterocycles. The molecule has 0 saturated carbocycles. The van der Waals surface area contributed by atoms with Crippen molar-refractivity contribution in [2.45, 2.75) is 25.4 Å². The Balaban J connectivity index is 2.13. The monoisotopic (exact) mass is 234 g/mol. The lowest BCUT2D eigenvalue weighted by atomic mass is 10.1. The molecule has 1 aromatic rings. The van der Waals surface area contributed by atoms with Gasteiger partial charge < -0.3 is 15.7 Å². The van der Waals surface area contributed by atoms with Gasteiger partial charge in [-0.2, -0.15) is 0 Å². The van der Waals surface area contributed by atoms with E-state index in [0.29, 0.717) is 12.1 Å². The molecular formula is C13H18N2O2. The molecule has 1 heterocycles. The van der Waals surface area contributed by atoms with E-state index in [-0.39, 0.29) is 18.6 Å². The number of hydrogen-bond donors (Lipinski definition) is 2. The van der Waals surface area contributed by atoms with E-state index >= 15 is 0 Å². The Morgan fingerprint density at radius 2 is 2.12 bits per heavy atom. The maximum atomic E-state index is 12.2. The summed E-state index contributed by atoms with van der Waals surface area (Å²) < 4.78 is 0. The van der Waals surface area contributed by atoms with E-state index in [0.717, 1.165) is 24.9 Å². The van der Waals surface area contributed by atoms with Crippen LogP contribution < -0.4 is 5.73 Å². The molecule has 0 unspecified atom stereocenters. The van der Waals surface area contributed by atoms with Crippen LogP contribution in [-0.4, -0.2) is 35.1 Å².